The first kappa shape index (κ1) is 12.8. The molecule has 1 aliphatic heterocycles. The topological polar surface area (TPSA) is 58.4 Å². The Bertz CT molecular complexity index is 427. The van der Waals surface area contributed by atoms with E-state index in [-0.39, 0.29) is 12.1 Å². The summed E-state index contributed by atoms with van der Waals surface area (Å²) in [5, 5.41) is 8.77. The number of pyridine rings is 1. The Balaban J connectivity index is 2.16. The van der Waals surface area contributed by atoms with Crippen molar-refractivity contribution in [2.24, 2.45) is 0 Å². The van der Waals surface area contributed by atoms with E-state index in [0.29, 0.717) is 12.2 Å². The van der Waals surface area contributed by atoms with Crippen molar-refractivity contribution < 1.29 is 9.47 Å². The van der Waals surface area contributed by atoms with Crippen LogP contribution in [0.4, 0.5) is 5.82 Å². The molecule has 0 aromatic carbocycles. The maximum Gasteiger partial charge on any atom is 0.128 e. The fraction of sp³-hybridized carbons (Fsp3) is 0.538. The zero-order valence-electron chi connectivity index (χ0n) is 10.7. The number of nitriles is 1. The minimum absolute atomic E-state index is 0.211. The Kier molecular flexibility index (Phi) is 4.13. The molecule has 0 unspecified atom stereocenters. The summed E-state index contributed by atoms with van der Waals surface area (Å²) in [6, 6.07) is 6.01. The van der Waals surface area contributed by atoms with Crippen molar-refractivity contribution in [2.45, 2.75) is 18.6 Å². The molecule has 1 aromatic heterocycles. The zero-order chi connectivity index (χ0) is 13.0. The van der Waals surface area contributed by atoms with E-state index in [9.17, 15) is 0 Å². The predicted octanol–water partition coefficient (Wildman–Crippen LogP) is 1.19. The molecular weight excluding hydrogens is 230 g/mol. The smallest absolute Gasteiger partial charge is 0.128 e. The van der Waals surface area contributed by atoms with Gasteiger partial charge in [0, 0.05) is 27.0 Å². The Labute approximate surface area is 107 Å². The summed E-state index contributed by atoms with van der Waals surface area (Å²) in [6.07, 6.45) is 2.74. The molecule has 0 aliphatic carbocycles. The number of anilines is 1. The molecule has 5 nitrogen and oxygen atoms in total. The lowest BCUT2D eigenvalue weighted by atomic mass is 10.2. The van der Waals surface area contributed by atoms with Gasteiger partial charge in [-0.2, -0.15) is 5.26 Å². The molecule has 1 saturated heterocycles. The molecule has 1 aromatic rings. The molecule has 96 valence electrons. The third-order valence-electron chi connectivity index (χ3n) is 3.24. The Morgan fingerprint density at radius 1 is 1.50 bits per heavy atom. The normalized spacial score (nSPS) is 23.1. The fourth-order valence-corrected chi connectivity index (χ4v) is 2.30. The van der Waals surface area contributed by atoms with E-state index in [1.54, 1.807) is 26.5 Å². The molecule has 2 heterocycles. The van der Waals surface area contributed by atoms with Crippen LogP contribution in [0.1, 0.15) is 12.0 Å². The summed E-state index contributed by atoms with van der Waals surface area (Å²) < 4.78 is 10.6. The first-order valence-electron chi connectivity index (χ1n) is 5.93. The SMILES string of the molecule is COC[C@@H]1C[C@H](OC)CN1c1ccc(C#N)cn1. The molecule has 2 rings (SSSR count). The highest BCUT2D eigenvalue weighted by Gasteiger charge is 2.32. The highest BCUT2D eigenvalue weighted by molar-refractivity contribution is 5.44. The molecule has 1 fully saturated rings. The minimum Gasteiger partial charge on any atom is -0.383 e. The van der Waals surface area contributed by atoms with Crippen LogP contribution in [0.2, 0.25) is 0 Å². The van der Waals surface area contributed by atoms with Crippen LogP contribution in [0.3, 0.4) is 0 Å². The van der Waals surface area contributed by atoms with Crippen molar-refractivity contribution in [3.05, 3.63) is 23.9 Å². The molecule has 18 heavy (non-hydrogen) atoms. The van der Waals surface area contributed by atoms with Gasteiger partial charge in [-0.25, -0.2) is 4.98 Å². The lowest BCUT2D eigenvalue weighted by Gasteiger charge is -2.24. The summed E-state index contributed by atoms with van der Waals surface area (Å²) in [6.45, 7) is 1.46. The van der Waals surface area contributed by atoms with Gasteiger partial charge in [-0.15, -0.1) is 0 Å². The maximum absolute atomic E-state index is 8.77. The first-order chi connectivity index (χ1) is 8.78. The Hall–Kier alpha value is -1.64. The van der Waals surface area contributed by atoms with Crippen LogP contribution >= 0.6 is 0 Å². The van der Waals surface area contributed by atoms with E-state index in [0.717, 1.165) is 18.8 Å². The standard InChI is InChI=1S/C13H17N3O2/c1-17-9-11-5-12(18-2)8-16(11)13-4-3-10(6-14)7-15-13/h3-4,7,11-12H,5,8-9H2,1-2H3/t11-,12-/m0/s1. The third-order valence-corrected chi connectivity index (χ3v) is 3.24. The predicted molar refractivity (Wildman–Crippen MR) is 67.4 cm³/mol. The van der Waals surface area contributed by atoms with Crippen molar-refractivity contribution in [3.8, 4) is 6.07 Å². The van der Waals surface area contributed by atoms with Crippen LogP contribution in [-0.4, -0.2) is 44.5 Å². The van der Waals surface area contributed by atoms with Crippen molar-refractivity contribution in [1.82, 2.24) is 4.98 Å². The average Bonchev–Trinajstić information content (AvgIpc) is 2.82. The van der Waals surface area contributed by atoms with Gasteiger partial charge >= 0.3 is 0 Å². The van der Waals surface area contributed by atoms with Crippen LogP contribution < -0.4 is 4.90 Å². The van der Waals surface area contributed by atoms with Gasteiger partial charge < -0.3 is 14.4 Å². The number of nitrogens with zero attached hydrogens (tertiary/aromatic N) is 3. The lowest BCUT2D eigenvalue weighted by molar-refractivity contribution is 0.111. The van der Waals surface area contributed by atoms with E-state index in [4.69, 9.17) is 14.7 Å². The minimum atomic E-state index is 0.211. The van der Waals surface area contributed by atoms with Gasteiger partial charge in [0.1, 0.15) is 11.9 Å². The second-order valence-electron chi connectivity index (χ2n) is 4.37. The largest absolute Gasteiger partial charge is 0.383 e. The summed E-state index contributed by atoms with van der Waals surface area (Å²) >= 11 is 0. The van der Waals surface area contributed by atoms with E-state index in [2.05, 4.69) is 16.0 Å². The van der Waals surface area contributed by atoms with Gasteiger partial charge in [0.25, 0.3) is 0 Å². The summed E-state index contributed by atoms with van der Waals surface area (Å²) in [4.78, 5) is 6.50. The number of hydrogen-bond donors (Lipinski definition) is 0. The number of rotatable bonds is 4. The quantitative estimate of drug-likeness (QED) is 0.800. The molecule has 0 bridgehead atoms. The summed E-state index contributed by atoms with van der Waals surface area (Å²) in [7, 11) is 3.43. The second kappa shape index (κ2) is 5.80. The van der Waals surface area contributed by atoms with Crippen LogP contribution in [0.15, 0.2) is 18.3 Å². The van der Waals surface area contributed by atoms with Crippen LogP contribution in [-0.2, 0) is 9.47 Å². The lowest BCUT2D eigenvalue weighted by Crippen LogP contribution is -2.33. The van der Waals surface area contributed by atoms with Gasteiger partial charge in [0.05, 0.1) is 24.3 Å². The van der Waals surface area contributed by atoms with E-state index in [1.165, 1.54) is 0 Å². The molecule has 0 N–H and O–H groups in total. The van der Waals surface area contributed by atoms with Gasteiger partial charge in [-0.05, 0) is 18.6 Å². The molecule has 0 spiro atoms. The van der Waals surface area contributed by atoms with Crippen LogP contribution in [0.5, 0.6) is 0 Å². The van der Waals surface area contributed by atoms with E-state index >= 15 is 0 Å². The highest BCUT2D eigenvalue weighted by Crippen LogP contribution is 2.25. The maximum atomic E-state index is 8.77. The van der Waals surface area contributed by atoms with Gasteiger partial charge in [-0.1, -0.05) is 0 Å². The molecular formula is C13H17N3O2. The summed E-state index contributed by atoms with van der Waals surface area (Å²) in [5.41, 5.74) is 0.574. The molecule has 0 radical (unpaired) electrons. The monoisotopic (exact) mass is 247 g/mol. The van der Waals surface area contributed by atoms with Gasteiger partial charge in [-0.3, -0.25) is 0 Å². The van der Waals surface area contributed by atoms with Crippen LogP contribution in [0, 0.1) is 11.3 Å². The Morgan fingerprint density at radius 2 is 2.33 bits per heavy atom. The number of ether oxygens (including phenoxy) is 2. The third kappa shape index (κ3) is 2.61. The zero-order valence-corrected chi connectivity index (χ0v) is 10.7. The molecule has 2 atom stereocenters. The van der Waals surface area contributed by atoms with Crippen molar-refractivity contribution in [1.29, 1.82) is 5.26 Å². The Morgan fingerprint density at radius 3 is 2.89 bits per heavy atom. The number of hydrogen-bond acceptors (Lipinski definition) is 5. The molecule has 0 amide bonds. The first-order valence-corrected chi connectivity index (χ1v) is 5.93. The van der Waals surface area contributed by atoms with Crippen molar-refractivity contribution in [3.63, 3.8) is 0 Å². The molecule has 0 saturated carbocycles. The average molecular weight is 247 g/mol. The molecule has 1 aliphatic rings. The van der Waals surface area contributed by atoms with E-state index in [1.807, 2.05) is 6.07 Å². The van der Waals surface area contributed by atoms with Crippen molar-refractivity contribution >= 4 is 5.82 Å². The van der Waals surface area contributed by atoms with Crippen molar-refractivity contribution in [2.75, 3.05) is 32.3 Å². The number of methoxy groups -OCH3 is 2. The van der Waals surface area contributed by atoms with Gasteiger partial charge in [0.15, 0.2) is 0 Å². The second-order valence-corrected chi connectivity index (χ2v) is 4.37. The van der Waals surface area contributed by atoms with E-state index < -0.39 is 0 Å². The highest BCUT2D eigenvalue weighted by atomic mass is 16.5. The fourth-order valence-electron chi connectivity index (χ4n) is 2.30. The summed E-state index contributed by atoms with van der Waals surface area (Å²) in [5.74, 6) is 0.871. The molecule has 5 heteroatoms. The number of aromatic nitrogens is 1. The van der Waals surface area contributed by atoms with Crippen LogP contribution in [0.25, 0.3) is 0 Å². The van der Waals surface area contributed by atoms with Gasteiger partial charge in [0.2, 0.25) is 0 Å².